The second kappa shape index (κ2) is 4.41. The monoisotopic (exact) mass is 253 g/mol. The van der Waals surface area contributed by atoms with E-state index in [1.165, 1.54) is 0 Å². The van der Waals surface area contributed by atoms with Crippen LogP contribution >= 0.6 is 0 Å². The Balaban J connectivity index is 2.42. The Kier molecular flexibility index (Phi) is 3.08. The quantitative estimate of drug-likeness (QED) is 0.698. The first-order valence-corrected chi connectivity index (χ1v) is 5.67. The first kappa shape index (κ1) is 12.6. The van der Waals surface area contributed by atoms with Crippen LogP contribution in [0.4, 0.5) is 5.82 Å². The van der Waals surface area contributed by atoms with Crippen LogP contribution in [0.15, 0.2) is 4.79 Å². The molecule has 1 aromatic rings. The Morgan fingerprint density at radius 1 is 1.67 bits per heavy atom. The van der Waals surface area contributed by atoms with Gasteiger partial charge in [0.2, 0.25) is 0 Å². The Hall–Kier alpha value is -1.89. The van der Waals surface area contributed by atoms with E-state index in [-0.39, 0.29) is 11.4 Å². The summed E-state index contributed by atoms with van der Waals surface area (Å²) in [4.78, 5) is 29.1. The van der Waals surface area contributed by atoms with E-state index in [1.807, 2.05) is 6.92 Å². The lowest BCUT2D eigenvalue weighted by Crippen LogP contribution is -2.30. The molecule has 0 saturated carbocycles. The summed E-state index contributed by atoms with van der Waals surface area (Å²) in [6, 6.07) is 0. The fourth-order valence-corrected chi connectivity index (χ4v) is 2.05. The van der Waals surface area contributed by atoms with Gasteiger partial charge in [-0.05, 0) is 19.8 Å². The summed E-state index contributed by atoms with van der Waals surface area (Å²) in [7, 11) is 0. The third kappa shape index (κ3) is 2.21. The van der Waals surface area contributed by atoms with E-state index in [0.717, 1.165) is 12.8 Å². The van der Waals surface area contributed by atoms with E-state index in [9.17, 15) is 9.59 Å². The van der Waals surface area contributed by atoms with Gasteiger partial charge < -0.3 is 20.6 Å². The van der Waals surface area contributed by atoms with E-state index in [4.69, 9.17) is 15.6 Å². The lowest BCUT2D eigenvalue weighted by Gasteiger charge is -2.22. The number of H-pyrrole nitrogens is 1. The number of rotatable bonds is 3. The number of nitrogens with two attached hydrogens (primary N) is 1. The summed E-state index contributed by atoms with van der Waals surface area (Å²) in [5, 5.41) is 8.69. The molecular formula is C11H15N3O4. The lowest BCUT2D eigenvalue weighted by molar-refractivity contribution is -0.136. The van der Waals surface area contributed by atoms with Gasteiger partial charge >= 0.3 is 5.97 Å². The molecule has 1 aliphatic rings. The van der Waals surface area contributed by atoms with Crippen molar-refractivity contribution in [2.24, 2.45) is 0 Å². The van der Waals surface area contributed by atoms with E-state index in [2.05, 4.69) is 9.97 Å². The number of ether oxygens (including phenoxy) is 1. The zero-order valence-corrected chi connectivity index (χ0v) is 10.0. The minimum absolute atomic E-state index is 0.0205. The van der Waals surface area contributed by atoms with Crippen LogP contribution in [0, 0.1) is 0 Å². The van der Waals surface area contributed by atoms with Crippen molar-refractivity contribution in [1.29, 1.82) is 0 Å². The van der Waals surface area contributed by atoms with Gasteiger partial charge in [-0.1, -0.05) is 0 Å². The van der Waals surface area contributed by atoms with Gasteiger partial charge in [-0.25, -0.2) is 4.98 Å². The highest BCUT2D eigenvalue weighted by Gasteiger charge is 2.35. The van der Waals surface area contributed by atoms with Crippen molar-refractivity contribution in [3.05, 3.63) is 21.7 Å². The molecule has 0 aromatic carbocycles. The number of aromatic amines is 1. The Morgan fingerprint density at radius 3 is 2.89 bits per heavy atom. The summed E-state index contributed by atoms with van der Waals surface area (Å²) in [6.45, 7) is 2.44. The van der Waals surface area contributed by atoms with Crippen molar-refractivity contribution in [1.82, 2.24) is 9.97 Å². The zero-order chi connectivity index (χ0) is 13.3. The van der Waals surface area contributed by atoms with Crippen molar-refractivity contribution in [3.8, 4) is 0 Å². The van der Waals surface area contributed by atoms with Crippen LogP contribution in [0.5, 0.6) is 0 Å². The summed E-state index contributed by atoms with van der Waals surface area (Å²) in [5.74, 6) is -0.811. The smallest absolute Gasteiger partial charge is 0.308 e. The van der Waals surface area contributed by atoms with Crippen LogP contribution in [-0.2, 0) is 21.6 Å². The largest absolute Gasteiger partial charge is 0.481 e. The number of hydrogen-bond donors (Lipinski definition) is 3. The van der Waals surface area contributed by atoms with Crippen molar-refractivity contribution in [2.75, 3.05) is 12.3 Å². The molecule has 18 heavy (non-hydrogen) atoms. The van der Waals surface area contributed by atoms with E-state index in [1.54, 1.807) is 0 Å². The number of hydrogen-bond acceptors (Lipinski definition) is 5. The maximum Gasteiger partial charge on any atom is 0.308 e. The summed E-state index contributed by atoms with van der Waals surface area (Å²) in [6.07, 6.45) is 1.19. The number of nitrogens with one attached hydrogen (secondary N) is 1. The molecule has 1 aliphatic heterocycles. The molecule has 98 valence electrons. The number of carboxylic acid groups (broad SMARTS) is 1. The molecule has 4 N–H and O–H groups in total. The highest BCUT2D eigenvalue weighted by atomic mass is 16.5. The van der Waals surface area contributed by atoms with Crippen molar-refractivity contribution in [2.45, 2.75) is 31.8 Å². The number of nitrogens with zero attached hydrogens (tertiary/aromatic N) is 1. The molecular weight excluding hydrogens is 238 g/mol. The third-order valence-electron chi connectivity index (χ3n) is 3.10. The summed E-state index contributed by atoms with van der Waals surface area (Å²) in [5.41, 5.74) is 4.47. The molecule has 0 aliphatic carbocycles. The predicted molar refractivity (Wildman–Crippen MR) is 63.1 cm³/mol. The minimum Gasteiger partial charge on any atom is -0.481 e. The van der Waals surface area contributed by atoms with Gasteiger partial charge in [-0.3, -0.25) is 9.59 Å². The maximum atomic E-state index is 11.8. The molecule has 1 unspecified atom stereocenters. The highest BCUT2D eigenvalue weighted by molar-refractivity contribution is 5.71. The SMILES string of the molecule is CC1(c2nc(N)c(CC(=O)O)c(=O)[nH]2)CCCO1. The Labute approximate surface area is 103 Å². The fraction of sp³-hybridized carbons (Fsp3) is 0.545. The Bertz CT molecular complexity index is 532. The van der Waals surface area contributed by atoms with Gasteiger partial charge in [0.05, 0.1) is 12.0 Å². The second-order valence-electron chi connectivity index (χ2n) is 4.53. The molecule has 0 amide bonds. The normalized spacial score (nSPS) is 23.2. The minimum atomic E-state index is -1.12. The van der Waals surface area contributed by atoms with E-state index in [0.29, 0.717) is 12.4 Å². The van der Waals surface area contributed by atoms with Gasteiger partial charge in [0.25, 0.3) is 5.56 Å². The lowest BCUT2D eigenvalue weighted by atomic mass is 10.0. The van der Waals surface area contributed by atoms with Crippen molar-refractivity contribution in [3.63, 3.8) is 0 Å². The maximum absolute atomic E-state index is 11.8. The topological polar surface area (TPSA) is 118 Å². The van der Waals surface area contributed by atoms with Crippen molar-refractivity contribution >= 4 is 11.8 Å². The van der Waals surface area contributed by atoms with Gasteiger partial charge in [-0.2, -0.15) is 0 Å². The molecule has 0 bridgehead atoms. The van der Waals surface area contributed by atoms with Crippen LogP contribution in [0.1, 0.15) is 31.2 Å². The number of carbonyl (C=O) groups is 1. The van der Waals surface area contributed by atoms with Crippen LogP contribution < -0.4 is 11.3 Å². The number of aliphatic carboxylic acids is 1. The highest BCUT2D eigenvalue weighted by Crippen LogP contribution is 2.33. The molecule has 0 radical (unpaired) electrons. The Morgan fingerprint density at radius 2 is 2.39 bits per heavy atom. The average Bonchev–Trinajstić information content (AvgIpc) is 2.71. The fourth-order valence-electron chi connectivity index (χ4n) is 2.05. The molecule has 7 heteroatoms. The van der Waals surface area contributed by atoms with Gasteiger partial charge in [0, 0.05) is 6.61 Å². The van der Waals surface area contributed by atoms with Crippen LogP contribution in [0.3, 0.4) is 0 Å². The standard InChI is InChI=1S/C11H15N3O4/c1-11(3-2-4-18-11)10-13-8(12)6(5-7(15)16)9(17)14-10/h2-5H2,1H3,(H,15,16)(H3,12,13,14,17). The first-order chi connectivity index (χ1) is 8.42. The molecule has 0 spiro atoms. The molecule has 1 aromatic heterocycles. The molecule has 1 saturated heterocycles. The molecule has 7 nitrogen and oxygen atoms in total. The number of nitrogen functional groups attached to an aromatic ring is 1. The molecule has 2 heterocycles. The van der Waals surface area contributed by atoms with E-state index >= 15 is 0 Å². The zero-order valence-electron chi connectivity index (χ0n) is 10.0. The van der Waals surface area contributed by atoms with Crippen LogP contribution in [-0.4, -0.2) is 27.7 Å². The van der Waals surface area contributed by atoms with Gasteiger partial charge in [0.15, 0.2) is 0 Å². The number of aromatic nitrogens is 2. The molecule has 1 fully saturated rings. The molecule has 2 rings (SSSR count). The number of carboxylic acids is 1. The first-order valence-electron chi connectivity index (χ1n) is 5.67. The van der Waals surface area contributed by atoms with Crippen LogP contribution in [0.25, 0.3) is 0 Å². The summed E-state index contributed by atoms with van der Waals surface area (Å²) < 4.78 is 5.55. The third-order valence-corrected chi connectivity index (χ3v) is 3.10. The van der Waals surface area contributed by atoms with Crippen molar-refractivity contribution < 1.29 is 14.6 Å². The molecule has 1 atom stereocenters. The van der Waals surface area contributed by atoms with E-state index < -0.39 is 23.6 Å². The number of anilines is 1. The second-order valence-corrected chi connectivity index (χ2v) is 4.53. The summed E-state index contributed by atoms with van der Waals surface area (Å²) >= 11 is 0. The van der Waals surface area contributed by atoms with Gasteiger partial charge in [-0.15, -0.1) is 0 Å². The average molecular weight is 253 g/mol. The van der Waals surface area contributed by atoms with Crippen LogP contribution in [0.2, 0.25) is 0 Å². The predicted octanol–water partition coefficient (Wildman–Crippen LogP) is 0.00480. The van der Waals surface area contributed by atoms with Gasteiger partial charge in [0.1, 0.15) is 17.2 Å².